The number of ether oxygens (including phenoxy) is 2. The summed E-state index contributed by atoms with van der Waals surface area (Å²) in [4.78, 5) is 16.9. The molecule has 0 aliphatic carbocycles. The first-order valence-corrected chi connectivity index (χ1v) is 9.00. The van der Waals surface area contributed by atoms with Gasteiger partial charge in [0, 0.05) is 22.6 Å². The van der Waals surface area contributed by atoms with Crippen LogP contribution in [0.15, 0.2) is 47.8 Å². The van der Waals surface area contributed by atoms with Crippen molar-refractivity contribution in [1.82, 2.24) is 4.98 Å². The maximum absolute atomic E-state index is 12.4. The molecule has 2 aromatic carbocycles. The van der Waals surface area contributed by atoms with Crippen LogP contribution in [0, 0.1) is 6.92 Å². The van der Waals surface area contributed by atoms with Crippen LogP contribution < -0.4 is 14.8 Å². The number of thiazole rings is 1. The van der Waals surface area contributed by atoms with Crippen molar-refractivity contribution in [3.63, 3.8) is 0 Å². The fourth-order valence-electron chi connectivity index (χ4n) is 2.52. The van der Waals surface area contributed by atoms with Gasteiger partial charge in [-0.15, -0.1) is 11.3 Å². The van der Waals surface area contributed by atoms with Gasteiger partial charge in [-0.1, -0.05) is 35.9 Å². The third-order valence-corrected chi connectivity index (χ3v) is 4.70. The zero-order valence-electron chi connectivity index (χ0n) is 14.9. The second kappa shape index (κ2) is 8.01. The summed E-state index contributed by atoms with van der Waals surface area (Å²) >= 11 is 1.41. The summed E-state index contributed by atoms with van der Waals surface area (Å²) in [6.45, 7) is 2.05. The van der Waals surface area contributed by atoms with Gasteiger partial charge >= 0.3 is 0 Å². The van der Waals surface area contributed by atoms with Crippen LogP contribution in [-0.2, 0) is 11.2 Å². The average Bonchev–Trinajstić information content (AvgIpc) is 3.11. The van der Waals surface area contributed by atoms with E-state index in [-0.39, 0.29) is 12.3 Å². The molecule has 134 valence electrons. The number of amides is 1. The maximum Gasteiger partial charge on any atom is 0.230 e. The van der Waals surface area contributed by atoms with Crippen LogP contribution in [0.2, 0.25) is 0 Å². The zero-order chi connectivity index (χ0) is 18.5. The van der Waals surface area contributed by atoms with E-state index in [2.05, 4.69) is 10.3 Å². The van der Waals surface area contributed by atoms with Crippen molar-refractivity contribution >= 4 is 22.4 Å². The van der Waals surface area contributed by atoms with E-state index in [4.69, 9.17) is 9.47 Å². The molecule has 0 saturated heterocycles. The van der Waals surface area contributed by atoms with Crippen molar-refractivity contribution in [1.29, 1.82) is 0 Å². The zero-order valence-corrected chi connectivity index (χ0v) is 15.7. The number of nitrogens with zero attached hydrogens (tertiary/aromatic N) is 1. The van der Waals surface area contributed by atoms with Gasteiger partial charge in [0.05, 0.1) is 26.3 Å². The Kier molecular flexibility index (Phi) is 5.53. The highest BCUT2D eigenvalue weighted by Gasteiger charge is 2.12. The number of rotatable bonds is 6. The molecular weight excluding hydrogens is 348 g/mol. The van der Waals surface area contributed by atoms with Crippen molar-refractivity contribution in [2.75, 3.05) is 19.5 Å². The van der Waals surface area contributed by atoms with Gasteiger partial charge in [-0.25, -0.2) is 4.98 Å². The topological polar surface area (TPSA) is 60.5 Å². The molecule has 0 aliphatic heterocycles. The predicted octanol–water partition coefficient (Wildman–Crippen LogP) is 4.32. The van der Waals surface area contributed by atoms with Crippen molar-refractivity contribution in [3.8, 4) is 22.8 Å². The van der Waals surface area contributed by atoms with Crippen LogP contribution in [0.4, 0.5) is 5.13 Å². The lowest BCUT2D eigenvalue weighted by Crippen LogP contribution is -2.14. The number of aromatic nitrogens is 1. The van der Waals surface area contributed by atoms with Crippen LogP contribution in [0.3, 0.4) is 0 Å². The molecule has 0 bridgehead atoms. The van der Waals surface area contributed by atoms with Gasteiger partial charge in [-0.2, -0.15) is 0 Å². The van der Waals surface area contributed by atoms with Crippen molar-refractivity contribution < 1.29 is 14.3 Å². The number of carbonyl (C=O) groups is 1. The van der Waals surface area contributed by atoms with E-state index in [0.29, 0.717) is 16.6 Å². The monoisotopic (exact) mass is 368 g/mol. The van der Waals surface area contributed by atoms with E-state index in [1.165, 1.54) is 16.9 Å². The van der Waals surface area contributed by atoms with Gasteiger partial charge in [0.15, 0.2) is 5.13 Å². The fraction of sp³-hybridized carbons (Fsp3) is 0.200. The van der Waals surface area contributed by atoms with Gasteiger partial charge in [-0.3, -0.25) is 4.79 Å². The minimum atomic E-state index is -0.140. The second-order valence-electron chi connectivity index (χ2n) is 5.81. The molecule has 1 aromatic heterocycles. The number of aryl methyl sites for hydroxylation is 1. The number of carbonyl (C=O) groups excluding carboxylic acids is 1. The van der Waals surface area contributed by atoms with E-state index in [1.54, 1.807) is 20.3 Å². The molecule has 6 heteroatoms. The van der Waals surface area contributed by atoms with Gasteiger partial charge in [0.1, 0.15) is 11.5 Å². The number of benzene rings is 2. The molecule has 0 spiro atoms. The SMILES string of the molecule is COc1ccc(CC(=O)Nc2nc(-c3ccc(C)cc3)cs2)c(OC)c1. The molecule has 3 rings (SSSR count). The molecule has 1 amide bonds. The third-order valence-electron chi connectivity index (χ3n) is 3.94. The van der Waals surface area contributed by atoms with Crippen molar-refractivity contribution in [2.24, 2.45) is 0 Å². The van der Waals surface area contributed by atoms with Gasteiger partial charge in [-0.05, 0) is 13.0 Å². The highest BCUT2D eigenvalue weighted by Crippen LogP contribution is 2.27. The highest BCUT2D eigenvalue weighted by molar-refractivity contribution is 7.14. The number of hydrogen-bond donors (Lipinski definition) is 1. The Hall–Kier alpha value is -2.86. The lowest BCUT2D eigenvalue weighted by atomic mass is 10.1. The first kappa shape index (κ1) is 17.9. The summed E-state index contributed by atoms with van der Waals surface area (Å²) in [7, 11) is 3.17. The van der Waals surface area contributed by atoms with Gasteiger partial charge < -0.3 is 14.8 Å². The third kappa shape index (κ3) is 4.21. The smallest absolute Gasteiger partial charge is 0.230 e. The van der Waals surface area contributed by atoms with Crippen LogP contribution in [0.25, 0.3) is 11.3 Å². The maximum atomic E-state index is 12.4. The fourth-order valence-corrected chi connectivity index (χ4v) is 3.26. The standard InChI is InChI=1S/C20H20N2O3S/c1-13-4-6-14(7-5-13)17-12-26-20(21-17)22-19(23)10-15-8-9-16(24-2)11-18(15)25-3/h4-9,11-12H,10H2,1-3H3,(H,21,22,23). The Morgan fingerprint density at radius 3 is 2.58 bits per heavy atom. The Bertz CT molecular complexity index is 904. The molecule has 0 saturated carbocycles. The highest BCUT2D eigenvalue weighted by atomic mass is 32.1. The number of anilines is 1. The Balaban J connectivity index is 1.68. The molecule has 0 radical (unpaired) electrons. The lowest BCUT2D eigenvalue weighted by molar-refractivity contribution is -0.115. The predicted molar refractivity (Wildman–Crippen MR) is 104 cm³/mol. The van der Waals surface area contributed by atoms with Crippen LogP contribution in [-0.4, -0.2) is 25.1 Å². The summed E-state index contributed by atoms with van der Waals surface area (Å²) in [6, 6.07) is 13.5. The quantitative estimate of drug-likeness (QED) is 0.704. The largest absolute Gasteiger partial charge is 0.497 e. The van der Waals surface area contributed by atoms with Crippen molar-refractivity contribution in [2.45, 2.75) is 13.3 Å². The van der Waals surface area contributed by atoms with Crippen LogP contribution >= 0.6 is 11.3 Å². The summed E-state index contributed by atoms with van der Waals surface area (Å²) in [6.07, 6.45) is 0.201. The number of nitrogens with one attached hydrogen (secondary N) is 1. The molecule has 0 fully saturated rings. The molecule has 3 aromatic rings. The van der Waals surface area contributed by atoms with E-state index in [9.17, 15) is 4.79 Å². The lowest BCUT2D eigenvalue weighted by Gasteiger charge is -2.10. The van der Waals surface area contributed by atoms with E-state index < -0.39 is 0 Å². The summed E-state index contributed by atoms with van der Waals surface area (Å²) in [5.41, 5.74) is 3.88. The molecule has 0 aliphatic rings. The number of hydrogen-bond acceptors (Lipinski definition) is 5. The molecular formula is C20H20N2O3S. The van der Waals surface area contributed by atoms with Crippen LogP contribution in [0.5, 0.6) is 11.5 Å². The van der Waals surface area contributed by atoms with Gasteiger partial charge in [0.2, 0.25) is 5.91 Å². The first-order chi connectivity index (χ1) is 12.6. The van der Waals surface area contributed by atoms with E-state index in [1.807, 2.05) is 48.7 Å². The summed E-state index contributed by atoms with van der Waals surface area (Å²) < 4.78 is 10.5. The second-order valence-corrected chi connectivity index (χ2v) is 6.66. The molecule has 1 N–H and O–H groups in total. The molecule has 0 unspecified atom stereocenters. The number of methoxy groups -OCH3 is 2. The molecule has 5 nitrogen and oxygen atoms in total. The van der Waals surface area contributed by atoms with E-state index >= 15 is 0 Å². The summed E-state index contributed by atoms with van der Waals surface area (Å²) in [5, 5.41) is 5.37. The molecule has 0 atom stereocenters. The minimum Gasteiger partial charge on any atom is -0.497 e. The normalized spacial score (nSPS) is 10.4. The Morgan fingerprint density at radius 1 is 1.12 bits per heavy atom. The van der Waals surface area contributed by atoms with E-state index in [0.717, 1.165) is 16.8 Å². The molecule has 1 heterocycles. The summed E-state index contributed by atoms with van der Waals surface area (Å²) in [5.74, 6) is 1.17. The average molecular weight is 368 g/mol. The van der Waals surface area contributed by atoms with Gasteiger partial charge in [0.25, 0.3) is 0 Å². The Morgan fingerprint density at radius 2 is 1.88 bits per heavy atom. The Labute approximate surface area is 156 Å². The van der Waals surface area contributed by atoms with Crippen LogP contribution in [0.1, 0.15) is 11.1 Å². The first-order valence-electron chi connectivity index (χ1n) is 8.12. The minimum absolute atomic E-state index is 0.140. The molecule has 26 heavy (non-hydrogen) atoms. The van der Waals surface area contributed by atoms with Crippen molar-refractivity contribution in [3.05, 3.63) is 59.0 Å².